The Labute approximate surface area is 102 Å². The number of rotatable bonds is 9. The molecule has 0 saturated carbocycles. The lowest BCUT2D eigenvalue weighted by molar-refractivity contribution is -0.151. The average molecular weight is 254 g/mol. The van der Waals surface area contributed by atoms with Gasteiger partial charge in [0.2, 0.25) is 0 Å². The van der Waals surface area contributed by atoms with Gasteiger partial charge in [-0.3, -0.25) is 0 Å². The SMILES string of the molecule is CCCC(OC)OCC(C)(C)C[C@H](O)C(F)F. The molecule has 0 fully saturated rings. The molecule has 0 aliphatic heterocycles. The average Bonchev–Trinajstić information content (AvgIpc) is 2.23. The minimum atomic E-state index is -2.71. The van der Waals surface area contributed by atoms with Crippen molar-refractivity contribution in [1.29, 1.82) is 0 Å². The van der Waals surface area contributed by atoms with Gasteiger partial charge < -0.3 is 14.6 Å². The number of alkyl halides is 2. The Morgan fingerprint density at radius 2 is 1.88 bits per heavy atom. The van der Waals surface area contributed by atoms with Crippen LogP contribution in [-0.2, 0) is 9.47 Å². The highest BCUT2D eigenvalue weighted by Gasteiger charge is 2.28. The van der Waals surface area contributed by atoms with Crippen molar-refractivity contribution in [1.82, 2.24) is 0 Å². The van der Waals surface area contributed by atoms with Gasteiger partial charge in [0.15, 0.2) is 6.29 Å². The highest BCUT2D eigenvalue weighted by Crippen LogP contribution is 2.26. The second kappa shape index (κ2) is 7.95. The van der Waals surface area contributed by atoms with E-state index in [-0.39, 0.29) is 19.3 Å². The van der Waals surface area contributed by atoms with Crippen LogP contribution in [0.4, 0.5) is 8.78 Å². The van der Waals surface area contributed by atoms with E-state index >= 15 is 0 Å². The van der Waals surface area contributed by atoms with Gasteiger partial charge in [0.1, 0.15) is 6.10 Å². The van der Waals surface area contributed by atoms with E-state index in [1.165, 1.54) is 0 Å². The van der Waals surface area contributed by atoms with Crippen LogP contribution in [0.5, 0.6) is 0 Å². The van der Waals surface area contributed by atoms with Gasteiger partial charge >= 0.3 is 0 Å². The fraction of sp³-hybridized carbons (Fsp3) is 1.00. The summed E-state index contributed by atoms with van der Waals surface area (Å²) in [5.74, 6) is 0. The third kappa shape index (κ3) is 7.63. The summed E-state index contributed by atoms with van der Waals surface area (Å²) in [4.78, 5) is 0. The third-order valence-corrected chi connectivity index (χ3v) is 2.50. The van der Waals surface area contributed by atoms with Crippen LogP contribution < -0.4 is 0 Å². The zero-order valence-corrected chi connectivity index (χ0v) is 11.1. The second-order valence-corrected chi connectivity index (χ2v) is 5.04. The fourth-order valence-corrected chi connectivity index (χ4v) is 1.54. The molecule has 5 heteroatoms. The Kier molecular flexibility index (Phi) is 7.83. The Morgan fingerprint density at radius 1 is 1.29 bits per heavy atom. The number of hydrogen-bond donors (Lipinski definition) is 1. The molecule has 2 atom stereocenters. The third-order valence-electron chi connectivity index (χ3n) is 2.50. The molecule has 0 spiro atoms. The van der Waals surface area contributed by atoms with Crippen molar-refractivity contribution in [2.75, 3.05) is 13.7 Å². The molecule has 0 saturated heterocycles. The summed E-state index contributed by atoms with van der Waals surface area (Å²) in [6, 6.07) is 0. The molecular formula is C12H24F2O3. The first-order valence-electron chi connectivity index (χ1n) is 5.93. The van der Waals surface area contributed by atoms with Crippen molar-refractivity contribution >= 4 is 0 Å². The molecule has 0 aromatic carbocycles. The predicted octanol–water partition coefficient (Wildman–Crippen LogP) is 2.82. The van der Waals surface area contributed by atoms with Crippen LogP contribution in [0.1, 0.15) is 40.0 Å². The van der Waals surface area contributed by atoms with Crippen LogP contribution in [0.3, 0.4) is 0 Å². The van der Waals surface area contributed by atoms with E-state index in [0.29, 0.717) is 0 Å². The highest BCUT2D eigenvalue weighted by atomic mass is 19.3. The summed E-state index contributed by atoms with van der Waals surface area (Å²) < 4.78 is 35.1. The summed E-state index contributed by atoms with van der Waals surface area (Å²) >= 11 is 0. The minimum Gasteiger partial charge on any atom is -0.387 e. The van der Waals surface area contributed by atoms with E-state index in [4.69, 9.17) is 14.6 Å². The summed E-state index contributed by atoms with van der Waals surface area (Å²) in [5.41, 5.74) is -0.500. The molecule has 0 aliphatic carbocycles. The fourth-order valence-electron chi connectivity index (χ4n) is 1.54. The first kappa shape index (κ1) is 16.7. The van der Waals surface area contributed by atoms with Crippen molar-refractivity contribution in [3.05, 3.63) is 0 Å². The van der Waals surface area contributed by atoms with Crippen LogP contribution in [0.25, 0.3) is 0 Å². The number of methoxy groups -OCH3 is 1. The highest BCUT2D eigenvalue weighted by molar-refractivity contribution is 4.74. The van der Waals surface area contributed by atoms with E-state index in [2.05, 4.69) is 0 Å². The van der Waals surface area contributed by atoms with Gasteiger partial charge in [-0.05, 0) is 18.3 Å². The second-order valence-electron chi connectivity index (χ2n) is 5.04. The van der Waals surface area contributed by atoms with Crippen LogP contribution >= 0.6 is 0 Å². The lowest BCUT2D eigenvalue weighted by Crippen LogP contribution is -2.31. The molecule has 0 aromatic heterocycles. The Morgan fingerprint density at radius 3 is 2.29 bits per heavy atom. The Bertz CT molecular complexity index is 198. The quantitative estimate of drug-likeness (QED) is 0.643. The van der Waals surface area contributed by atoms with Crippen LogP contribution in [-0.4, -0.2) is 37.6 Å². The van der Waals surface area contributed by atoms with Gasteiger partial charge in [0.05, 0.1) is 6.61 Å². The number of halogens is 2. The maximum Gasteiger partial charge on any atom is 0.264 e. The summed E-state index contributed by atoms with van der Waals surface area (Å²) in [5, 5.41) is 9.15. The molecule has 0 heterocycles. The maximum atomic E-state index is 12.2. The predicted molar refractivity (Wildman–Crippen MR) is 62.1 cm³/mol. The van der Waals surface area contributed by atoms with E-state index < -0.39 is 17.9 Å². The molecule has 104 valence electrons. The molecule has 0 bridgehead atoms. The van der Waals surface area contributed by atoms with E-state index in [9.17, 15) is 8.78 Å². The number of aliphatic hydroxyl groups excluding tert-OH is 1. The maximum absolute atomic E-state index is 12.2. The zero-order valence-electron chi connectivity index (χ0n) is 11.1. The van der Waals surface area contributed by atoms with Crippen LogP contribution in [0.2, 0.25) is 0 Å². The molecule has 1 N–H and O–H groups in total. The van der Waals surface area contributed by atoms with Gasteiger partial charge in [-0.1, -0.05) is 27.2 Å². The van der Waals surface area contributed by atoms with Gasteiger partial charge in [-0.15, -0.1) is 0 Å². The lowest BCUT2D eigenvalue weighted by atomic mass is 9.87. The monoisotopic (exact) mass is 254 g/mol. The molecule has 0 aliphatic rings. The van der Waals surface area contributed by atoms with Crippen molar-refractivity contribution in [3.63, 3.8) is 0 Å². The lowest BCUT2D eigenvalue weighted by Gasteiger charge is -2.28. The first-order valence-corrected chi connectivity index (χ1v) is 5.93. The van der Waals surface area contributed by atoms with Crippen LogP contribution in [0.15, 0.2) is 0 Å². The van der Waals surface area contributed by atoms with Gasteiger partial charge in [-0.25, -0.2) is 8.78 Å². The zero-order chi connectivity index (χ0) is 13.5. The Balaban J connectivity index is 4.06. The van der Waals surface area contributed by atoms with E-state index in [1.807, 2.05) is 6.92 Å². The number of aliphatic hydroxyl groups is 1. The van der Waals surface area contributed by atoms with Crippen molar-refractivity contribution in [2.24, 2.45) is 5.41 Å². The molecule has 0 amide bonds. The summed E-state index contributed by atoms with van der Waals surface area (Å²) in [7, 11) is 1.56. The largest absolute Gasteiger partial charge is 0.387 e. The topological polar surface area (TPSA) is 38.7 Å². The molecule has 1 unspecified atom stereocenters. The van der Waals surface area contributed by atoms with Crippen molar-refractivity contribution < 1.29 is 23.4 Å². The van der Waals surface area contributed by atoms with Crippen molar-refractivity contribution in [3.8, 4) is 0 Å². The van der Waals surface area contributed by atoms with Gasteiger partial charge in [0.25, 0.3) is 6.43 Å². The number of ether oxygens (including phenoxy) is 2. The molecule has 17 heavy (non-hydrogen) atoms. The number of hydrogen-bond acceptors (Lipinski definition) is 3. The Hall–Kier alpha value is -0.260. The smallest absolute Gasteiger partial charge is 0.264 e. The molecule has 0 aromatic rings. The van der Waals surface area contributed by atoms with Gasteiger partial charge in [0, 0.05) is 7.11 Å². The first-order chi connectivity index (χ1) is 7.82. The molecule has 0 radical (unpaired) electrons. The molecular weight excluding hydrogens is 230 g/mol. The molecule has 0 rings (SSSR count). The standard InChI is InChI=1S/C12H24F2O3/c1-5-6-10(16-4)17-8-12(2,3)7-9(15)11(13)14/h9-11,15H,5-8H2,1-4H3/t9-,10?/m0/s1. The molecule has 3 nitrogen and oxygen atoms in total. The minimum absolute atomic E-state index is 0.00717. The van der Waals surface area contributed by atoms with Crippen LogP contribution in [0, 0.1) is 5.41 Å². The normalized spacial score (nSPS) is 16.2. The van der Waals surface area contributed by atoms with Crippen molar-refractivity contribution in [2.45, 2.75) is 58.9 Å². The van der Waals surface area contributed by atoms with E-state index in [0.717, 1.165) is 12.8 Å². The van der Waals surface area contributed by atoms with E-state index in [1.54, 1.807) is 21.0 Å². The van der Waals surface area contributed by atoms with Gasteiger partial charge in [-0.2, -0.15) is 0 Å². The summed E-state index contributed by atoms with van der Waals surface area (Å²) in [6.07, 6.45) is -2.90. The summed E-state index contributed by atoms with van der Waals surface area (Å²) in [6.45, 7) is 5.88.